The lowest BCUT2D eigenvalue weighted by atomic mass is 9.93. The molecule has 0 aliphatic carbocycles. The molecule has 1 aromatic carbocycles. The van der Waals surface area contributed by atoms with Crippen LogP contribution in [0.5, 0.6) is 0 Å². The summed E-state index contributed by atoms with van der Waals surface area (Å²) in [6.45, 7) is 3.99. The molecule has 0 atom stereocenters. The lowest BCUT2D eigenvalue weighted by Crippen LogP contribution is -2.47. The van der Waals surface area contributed by atoms with E-state index < -0.39 is 5.54 Å². The van der Waals surface area contributed by atoms with Crippen LogP contribution < -0.4 is 5.32 Å². The zero-order valence-corrected chi connectivity index (χ0v) is 12.0. The average Bonchev–Trinajstić information content (AvgIpc) is 2.88. The third-order valence-corrected chi connectivity index (χ3v) is 3.89. The van der Waals surface area contributed by atoms with Crippen LogP contribution in [0.2, 0.25) is 0 Å². The summed E-state index contributed by atoms with van der Waals surface area (Å²) in [7, 11) is 0. The summed E-state index contributed by atoms with van der Waals surface area (Å²) in [5.41, 5.74) is 1.52. The summed E-state index contributed by atoms with van der Waals surface area (Å²) in [5, 5.41) is 4.08. The first-order valence-electron chi connectivity index (χ1n) is 6.98. The van der Waals surface area contributed by atoms with Gasteiger partial charge in [0.05, 0.1) is 6.42 Å². The van der Waals surface area contributed by atoms with E-state index in [2.05, 4.69) is 16.2 Å². The molecule has 2 N–H and O–H groups in total. The van der Waals surface area contributed by atoms with Crippen LogP contribution in [0.1, 0.15) is 32.3 Å². The SMILES string of the molecule is C#CC(CC)(CC)NC(=O)Cc1c[nH]c2ccccc12. The van der Waals surface area contributed by atoms with Gasteiger partial charge < -0.3 is 10.3 Å². The van der Waals surface area contributed by atoms with Gasteiger partial charge in [0.2, 0.25) is 5.91 Å². The second-order valence-electron chi connectivity index (χ2n) is 5.02. The number of terminal acetylenes is 1. The van der Waals surface area contributed by atoms with Crippen LogP contribution in [0.4, 0.5) is 0 Å². The van der Waals surface area contributed by atoms with Crippen molar-refractivity contribution in [3.05, 3.63) is 36.0 Å². The molecule has 0 spiro atoms. The van der Waals surface area contributed by atoms with Crippen LogP contribution in [-0.2, 0) is 11.2 Å². The van der Waals surface area contributed by atoms with Crippen LogP contribution in [0.25, 0.3) is 10.9 Å². The molecule has 1 aromatic heterocycles. The molecule has 2 aromatic rings. The maximum absolute atomic E-state index is 12.2. The fourth-order valence-corrected chi connectivity index (χ4v) is 2.43. The Labute approximate surface area is 119 Å². The molecule has 20 heavy (non-hydrogen) atoms. The monoisotopic (exact) mass is 268 g/mol. The highest BCUT2D eigenvalue weighted by atomic mass is 16.1. The number of nitrogens with one attached hydrogen (secondary N) is 2. The number of hydrogen-bond donors (Lipinski definition) is 2. The molecule has 0 unspecified atom stereocenters. The first-order chi connectivity index (χ1) is 9.64. The molecule has 3 heteroatoms. The van der Waals surface area contributed by atoms with E-state index in [-0.39, 0.29) is 5.91 Å². The van der Waals surface area contributed by atoms with E-state index in [0.29, 0.717) is 6.42 Å². The smallest absolute Gasteiger partial charge is 0.225 e. The van der Waals surface area contributed by atoms with Gasteiger partial charge in [0, 0.05) is 17.1 Å². The molecule has 0 saturated heterocycles. The van der Waals surface area contributed by atoms with Gasteiger partial charge in [-0.05, 0) is 24.5 Å². The molecular weight excluding hydrogens is 248 g/mol. The highest BCUT2D eigenvalue weighted by Crippen LogP contribution is 2.19. The van der Waals surface area contributed by atoms with Gasteiger partial charge in [-0.1, -0.05) is 38.0 Å². The number of benzene rings is 1. The highest BCUT2D eigenvalue weighted by Gasteiger charge is 2.25. The Kier molecular flexibility index (Phi) is 4.14. The molecule has 0 fully saturated rings. The largest absolute Gasteiger partial charge is 0.361 e. The first kappa shape index (κ1) is 14.2. The predicted molar refractivity (Wildman–Crippen MR) is 82.3 cm³/mol. The second-order valence-corrected chi connectivity index (χ2v) is 5.02. The number of rotatable bonds is 5. The summed E-state index contributed by atoms with van der Waals surface area (Å²) < 4.78 is 0. The van der Waals surface area contributed by atoms with E-state index in [1.165, 1.54) is 0 Å². The number of carbonyl (C=O) groups is 1. The highest BCUT2D eigenvalue weighted by molar-refractivity contribution is 5.89. The van der Waals surface area contributed by atoms with Crippen molar-refractivity contribution in [2.45, 2.75) is 38.6 Å². The number of aromatic nitrogens is 1. The van der Waals surface area contributed by atoms with Gasteiger partial charge in [0.15, 0.2) is 0 Å². The van der Waals surface area contributed by atoms with Crippen molar-refractivity contribution in [3.63, 3.8) is 0 Å². The zero-order valence-electron chi connectivity index (χ0n) is 12.0. The van der Waals surface area contributed by atoms with Crippen LogP contribution >= 0.6 is 0 Å². The molecule has 1 heterocycles. The Morgan fingerprint density at radius 2 is 2.05 bits per heavy atom. The molecule has 1 amide bonds. The van der Waals surface area contributed by atoms with Crippen LogP contribution in [0.15, 0.2) is 30.5 Å². The summed E-state index contributed by atoms with van der Waals surface area (Å²) in [5.74, 6) is 2.69. The standard InChI is InChI=1S/C17H20N2O/c1-4-17(5-2,6-3)19-16(20)11-13-12-18-15-10-8-7-9-14(13)15/h1,7-10,12,18H,5-6,11H2,2-3H3,(H,19,20). The minimum absolute atomic E-state index is 0.0311. The molecule has 104 valence electrons. The number of H-pyrrole nitrogens is 1. The lowest BCUT2D eigenvalue weighted by molar-refractivity contribution is -0.121. The van der Waals surface area contributed by atoms with Gasteiger partial charge in [0.1, 0.15) is 5.54 Å². The number of aromatic amines is 1. The Morgan fingerprint density at radius 3 is 2.70 bits per heavy atom. The Morgan fingerprint density at radius 1 is 1.35 bits per heavy atom. The third kappa shape index (κ3) is 2.70. The van der Waals surface area contributed by atoms with Gasteiger partial charge in [-0.15, -0.1) is 6.42 Å². The van der Waals surface area contributed by atoms with Gasteiger partial charge in [-0.25, -0.2) is 0 Å². The second kappa shape index (κ2) is 5.83. The third-order valence-electron chi connectivity index (χ3n) is 3.89. The number of fused-ring (bicyclic) bond motifs is 1. The quantitative estimate of drug-likeness (QED) is 0.804. The fourth-order valence-electron chi connectivity index (χ4n) is 2.43. The Bertz CT molecular complexity index is 644. The molecule has 2 rings (SSSR count). The van der Waals surface area contributed by atoms with E-state index in [9.17, 15) is 4.79 Å². The van der Waals surface area contributed by atoms with E-state index in [0.717, 1.165) is 29.3 Å². The van der Waals surface area contributed by atoms with Crippen molar-refractivity contribution in [1.29, 1.82) is 0 Å². The normalized spacial score (nSPS) is 11.2. The molecule has 0 radical (unpaired) electrons. The molecule has 0 aliphatic heterocycles. The molecule has 0 saturated carbocycles. The lowest BCUT2D eigenvalue weighted by Gasteiger charge is -2.27. The van der Waals surface area contributed by atoms with Gasteiger partial charge in [-0.2, -0.15) is 0 Å². The molecular formula is C17H20N2O. The summed E-state index contributed by atoms with van der Waals surface area (Å²) in [6.07, 6.45) is 9.27. The molecule has 0 aliphatic rings. The van der Waals surface area contributed by atoms with Gasteiger partial charge >= 0.3 is 0 Å². The van der Waals surface area contributed by atoms with E-state index >= 15 is 0 Å². The molecule has 0 bridgehead atoms. The summed E-state index contributed by atoms with van der Waals surface area (Å²) >= 11 is 0. The topological polar surface area (TPSA) is 44.9 Å². The Hall–Kier alpha value is -2.21. The van der Waals surface area contributed by atoms with Crippen LogP contribution in [0, 0.1) is 12.3 Å². The number of hydrogen-bond acceptors (Lipinski definition) is 1. The minimum Gasteiger partial charge on any atom is -0.361 e. The fraction of sp³-hybridized carbons (Fsp3) is 0.353. The van der Waals surface area contributed by atoms with Gasteiger partial charge in [-0.3, -0.25) is 4.79 Å². The van der Waals surface area contributed by atoms with Crippen LogP contribution in [-0.4, -0.2) is 16.4 Å². The van der Waals surface area contributed by atoms with Gasteiger partial charge in [0.25, 0.3) is 0 Å². The summed E-state index contributed by atoms with van der Waals surface area (Å²) in [6, 6.07) is 7.96. The number of amides is 1. The van der Waals surface area contributed by atoms with Crippen molar-refractivity contribution in [3.8, 4) is 12.3 Å². The van der Waals surface area contributed by atoms with Crippen molar-refractivity contribution in [1.82, 2.24) is 10.3 Å². The Balaban J connectivity index is 2.14. The number of carbonyl (C=O) groups excluding carboxylic acids is 1. The van der Waals surface area contributed by atoms with Crippen molar-refractivity contribution in [2.75, 3.05) is 0 Å². The predicted octanol–water partition coefficient (Wildman–Crippen LogP) is 3.02. The number of para-hydroxylation sites is 1. The minimum atomic E-state index is -0.525. The van der Waals surface area contributed by atoms with Crippen molar-refractivity contribution >= 4 is 16.8 Å². The van der Waals surface area contributed by atoms with Crippen molar-refractivity contribution < 1.29 is 4.79 Å². The first-order valence-corrected chi connectivity index (χ1v) is 6.98. The summed E-state index contributed by atoms with van der Waals surface area (Å²) in [4.78, 5) is 15.4. The average molecular weight is 268 g/mol. The maximum Gasteiger partial charge on any atom is 0.225 e. The van der Waals surface area contributed by atoms with Crippen LogP contribution in [0.3, 0.4) is 0 Å². The van der Waals surface area contributed by atoms with E-state index in [4.69, 9.17) is 6.42 Å². The zero-order chi connectivity index (χ0) is 14.6. The van der Waals surface area contributed by atoms with E-state index in [1.807, 2.05) is 44.3 Å². The van der Waals surface area contributed by atoms with E-state index in [1.54, 1.807) is 0 Å². The maximum atomic E-state index is 12.2. The van der Waals surface area contributed by atoms with Crippen molar-refractivity contribution in [2.24, 2.45) is 0 Å². The molecule has 3 nitrogen and oxygen atoms in total.